The van der Waals surface area contributed by atoms with E-state index in [0.717, 1.165) is 35.0 Å². The summed E-state index contributed by atoms with van der Waals surface area (Å²) in [7, 11) is 0. The summed E-state index contributed by atoms with van der Waals surface area (Å²) >= 11 is 0. The van der Waals surface area contributed by atoms with Crippen LogP contribution in [0.15, 0.2) is 54.6 Å². The Morgan fingerprint density at radius 1 is 0.906 bits per heavy atom. The van der Waals surface area contributed by atoms with Crippen molar-refractivity contribution < 1.29 is 24.1 Å². The Morgan fingerprint density at radius 2 is 1.47 bits per heavy atom. The zero-order chi connectivity index (χ0) is 22.8. The van der Waals surface area contributed by atoms with Crippen LogP contribution in [0.4, 0.5) is 5.69 Å². The van der Waals surface area contributed by atoms with E-state index in [1.807, 2.05) is 0 Å². The zero-order valence-corrected chi connectivity index (χ0v) is 17.2. The van der Waals surface area contributed by atoms with E-state index in [-0.39, 0.29) is 11.3 Å². The number of hydrogen-bond donors (Lipinski definition) is 0. The largest absolute Gasteiger partial charge is 0.292 e. The highest BCUT2D eigenvalue weighted by Gasteiger charge is 2.51. The smallest absolute Gasteiger partial charge is 0.273 e. The molecule has 9 nitrogen and oxygen atoms in total. The molecule has 3 amide bonds. The van der Waals surface area contributed by atoms with Crippen LogP contribution >= 0.6 is 0 Å². The molecule has 1 aliphatic carbocycles. The van der Waals surface area contributed by atoms with Crippen LogP contribution in [-0.2, 0) is 9.59 Å². The molecule has 1 heterocycles. The standard InChI is InChI=1S/C23H21N3O6/c27-20(15-6-2-1-3-7-15)14-24(21(28)16-10-12-17(13-11-16)26(31)32)25-22(29)18-8-4-5-9-19(18)23(25)30/h1-3,6-7,10-13,18-19H,4-5,8-9,14H2/t18-,19-/m0/s1. The van der Waals surface area contributed by atoms with Gasteiger partial charge in [0.25, 0.3) is 23.4 Å². The SMILES string of the molecule is O=C(CN(C(=O)c1ccc([N+](=O)[O-])cc1)N1C(=O)[C@H]2CCCC[C@@H]2C1=O)c1ccccc1. The first-order valence-corrected chi connectivity index (χ1v) is 10.4. The number of carbonyl (C=O) groups excluding carboxylic acids is 4. The Hall–Kier alpha value is -3.88. The van der Waals surface area contributed by atoms with Crippen molar-refractivity contribution in [2.24, 2.45) is 11.8 Å². The summed E-state index contributed by atoms with van der Waals surface area (Å²) in [5.74, 6) is -3.11. The summed E-state index contributed by atoms with van der Waals surface area (Å²) in [6.45, 7) is -0.503. The van der Waals surface area contributed by atoms with Crippen molar-refractivity contribution in [3.63, 3.8) is 0 Å². The molecule has 2 atom stereocenters. The minimum Gasteiger partial charge on any atom is -0.292 e. The predicted octanol–water partition coefficient (Wildman–Crippen LogP) is 3.01. The first-order valence-electron chi connectivity index (χ1n) is 10.4. The van der Waals surface area contributed by atoms with Gasteiger partial charge in [0.2, 0.25) is 0 Å². The lowest BCUT2D eigenvalue weighted by Crippen LogP contribution is -2.52. The lowest BCUT2D eigenvalue weighted by Gasteiger charge is -2.30. The van der Waals surface area contributed by atoms with Crippen molar-refractivity contribution in [2.75, 3.05) is 6.54 Å². The van der Waals surface area contributed by atoms with Crippen LogP contribution in [0.2, 0.25) is 0 Å². The third-order valence-electron chi connectivity index (χ3n) is 6.01. The van der Waals surface area contributed by atoms with Crippen molar-refractivity contribution in [1.29, 1.82) is 0 Å². The maximum absolute atomic E-state index is 13.3. The number of non-ortho nitro benzene ring substituents is 1. The first-order chi connectivity index (χ1) is 15.4. The van der Waals surface area contributed by atoms with Crippen LogP contribution in [0.5, 0.6) is 0 Å². The number of nitro benzene ring substituents is 1. The number of ketones is 1. The number of carbonyl (C=O) groups is 4. The van der Waals surface area contributed by atoms with Crippen molar-refractivity contribution in [1.82, 2.24) is 10.0 Å². The quantitative estimate of drug-likeness (QED) is 0.298. The van der Waals surface area contributed by atoms with Gasteiger partial charge in [-0.2, -0.15) is 5.01 Å². The molecule has 1 aliphatic heterocycles. The number of rotatable bonds is 6. The fourth-order valence-corrected chi connectivity index (χ4v) is 4.34. The van der Waals surface area contributed by atoms with Gasteiger partial charge in [0, 0.05) is 23.3 Å². The molecule has 32 heavy (non-hydrogen) atoms. The van der Waals surface area contributed by atoms with E-state index in [1.165, 1.54) is 12.1 Å². The van der Waals surface area contributed by atoms with E-state index in [2.05, 4.69) is 0 Å². The molecular weight excluding hydrogens is 414 g/mol. The highest BCUT2D eigenvalue weighted by Crippen LogP contribution is 2.39. The second-order valence-corrected chi connectivity index (χ2v) is 7.94. The molecule has 1 saturated heterocycles. The monoisotopic (exact) mass is 435 g/mol. The number of hydrogen-bond acceptors (Lipinski definition) is 6. The van der Waals surface area contributed by atoms with Crippen molar-refractivity contribution in [3.05, 3.63) is 75.8 Å². The van der Waals surface area contributed by atoms with Gasteiger partial charge in [-0.1, -0.05) is 43.2 Å². The Bertz CT molecular complexity index is 1060. The van der Waals surface area contributed by atoms with Crippen molar-refractivity contribution in [2.45, 2.75) is 25.7 Å². The Labute approximate surface area is 183 Å². The summed E-state index contributed by atoms with van der Waals surface area (Å²) in [6, 6.07) is 13.1. The van der Waals surface area contributed by atoms with Gasteiger partial charge < -0.3 is 0 Å². The van der Waals surface area contributed by atoms with E-state index in [9.17, 15) is 29.3 Å². The molecule has 2 fully saturated rings. The molecule has 2 aliphatic rings. The number of hydrazine groups is 1. The second-order valence-electron chi connectivity index (χ2n) is 7.94. The van der Waals surface area contributed by atoms with E-state index in [0.29, 0.717) is 18.4 Å². The lowest BCUT2D eigenvalue weighted by molar-refractivity contribution is -0.384. The van der Waals surface area contributed by atoms with Gasteiger partial charge in [0.15, 0.2) is 5.78 Å². The maximum atomic E-state index is 13.3. The molecule has 9 heteroatoms. The second kappa shape index (κ2) is 8.70. The molecule has 1 saturated carbocycles. The van der Waals surface area contributed by atoms with Crippen LogP contribution in [0, 0.1) is 22.0 Å². The van der Waals surface area contributed by atoms with Crippen LogP contribution < -0.4 is 0 Å². The molecule has 164 valence electrons. The third kappa shape index (κ3) is 3.89. The van der Waals surface area contributed by atoms with Crippen LogP contribution in [0.25, 0.3) is 0 Å². The fraction of sp³-hybridized carbons (Fsp3) is 0.304. The van der Waals surface area contributed by atoms with E-state index >= 15 is 0 Å². The van der Waals surface area contributed by atoms with Gasteiger partial charge in [0.05, 0.1) is 16.8 Å². The number of nitro groups is 1. The highest BCUT2D eigenvalue weighted by atomic mass is 16.6. The summed E-state index contributed by atoms with van der Waals surface area (Å²) in [6.07, 6.45) is 2.79. The summed E-state index contributed by atoms with van der Waals surface area (Å²) in [5, 5.41) is 12.6. The Kier molecular flexibility index (Phi) is 5.81. The van der Waals surface area contributed by atoms with Gasteiger partial charge >= 0.3 is 0 Å². The van der Waals surface area contributed by atoms with E-state index < -0.39 is 46.8 Å². The average molecular weight is 435 g/mol. The van der Waals surface area contributed by atoms with Crippen molar-refractivity contribution >= 4 is 29.2 Å². The molecular formula is C23H21N3O6. The van der Waals surface area contributed by atoms with E-state index in [4.69, 9.17) is 0 Å². The molecule has 0 unspecified atom stereocenters. The molecule has 0 radical (unpaired) electrons. The average Bonchev–Trinajstić information content (AvgIpc) is 3.07. The van der Waals surface area contributed by atoms with E-state index in [1.54, 1.807) is 30.3 Å². The first kappa shape index (κ1) is 21.4. The maximum Gasteiger partial charge on any atom is 0.273 e. The minimum absolute atomic E-state index is 0.0342. The van der Waals surface area contributed by atoms with Gasteiger partial charge in [-0.15, -0.1) is 0 Å². The number of Topliss-reactive ketones (excluding diaryl/α,β-unsaturated/α-hetero) is 1. The molecule has 2 aromatic carbocycles. The number of fused-ring (bicyclic) bond motifs is 1. The molecule has 0 N–H and O–H groups in total. The number of nitrogens with zero attached hydrogens (tertiary/aromatic N) is 3. The molecule has 0 bridgehead atoms. The zero-order valence-electron chi connectivity index (χ0n) is 17.2. The Morgan fingerprint density at radius 3 is 2.00 bits per heavy atom. The Balaban J connectivity index is 1.68. The molecule has 0 aromatic heterocycles. The number of amides is 3. The third-order valence-corrected chi connectivity index (χ3v) is 6.01. The van der Waals surface area contributed by atoms with Gasteiger partial charge in [-0.25, -0.2) is 5.01 Å². The summed E-state index contributed by atoms with van der Waals surface area (Å²) in [4.78, 5) is 62.8. The highest BCUT2D eigenvalue weighted by molar-refractivity contribution is 6.09. The summed E-state index contributed by atoms with van der Waals surface area (Å²) < 4.78 is 0. The fourth-order valence-electron chi connectivity index (χ4n) is 4.34. The minimum atomic E-state index is -0.746. The molecule has 2 aromatic rings. The molecule has 4 rings (SSSR count). The lowest BCUT2D eigenvalue weighted by atomic mass is 9.81. The van der Waals surface area contributed by atoms with Crippen LogP contribution in [0.3, 0.4) is 0 Å². The van der Waals surface area contributed by atoms with Gasteiger partial charge in [-0.05, 0) is 25.0 Å². The van der Waals surface area contributed by atoms with Gasteiger partial charge in [0.1, 0.15) is 6.54 Å². The van der Waals surface area contributed by atoms with Crippen LogP contribution in [-0.4, -0.2) is 45.0 Å². The number of imide groups is 1. The summed E-state index contributed by atoms with van der Waals surface area (Å²) in [5.41, 5.74) is 0.172. The number of benzene rings is 2. The predicted molar refractivity (Wildman–Crippen MR) is 112 cm³/mol. The topological polar surface area (TPSA) is 118 Å². The van der Waals surface area contributed by atoms with Crippen molar-refractivity contribution in [3.8, 4) is 0 Å². The van der Waals surface area contributed by atoms with Gasteiger partial charge in [-0.3, -0.25) is 29.3 Å². The van der Waals surface area contributed by atoms with Crippen LogP contribution in [0.1, 0.15) is 46.4 Å². The molecule has 0 spiro atoms. The normalized spacial score (nSPS) is 20.1.